The number of guanidine groups is 1. The number of nitrogens with one attached hydrogen (secondary N) is 2. The van der Waals surface area contributed by atoms with Crippen LogP contribution in [0.2, 0.25) is 0 Å². The van der Waals surface area contributed by atoms with Gasteiger partial charge in [0.25, 0.3) is 0 Å². The summed E-state index contributed by atoms with van der Waals surface area (Å²) < 4.78 is 2.27. The molecule has 0 saturated heterocycles. The fourth-order valence-corrected chi connectivity index (χ4v) is 4.03. The zero-order valence-corrected chi connectivity index (χ0v) is 20.1. The average Bonchev–Trinajstić information content (AvgIpc) is 2.90. The van der Waals surface area contributed by atoms with Crippen molar-refractivity contribution in [1.82, 2.24) is 25.4 Å². The molecule has 1 aliphatic rings. The molecule has 0 bridgehead atoms. The number of aryl methyl sites for hydroxylation is 2. The van der Waals surface area contributed by atoms with Crippen molar-refractivity contribution in [3.8, 4) is 0 Å². The van der Waals surface area contributed by atoms with Crippen LogP contribution in [0.3, 0.4) is 0 Å². The molecule has 0 spiro atoms. The average molecular weight is 514 g/mol. The van der Waals surface area contributed by atoms with E-state index >= 15 is 0 Å². The van der Waals surface area contributed by atoms with E-state index in [-0.39, 0.29) is 24.0 Å². The second kappa shape index (κ2) is 11.6. The second-order valence-electron chi connectivity index (χ2n) is 6.86. The number of fused-ring (bicyclic) bond motifs is 1. The van der Waals surface area contributed by atoms with Crippen molar-refractivity contribution in [3.05, 3.63) is 41.0 Å². The highest BCUT2D eigenvalue weighted by Crippen LogP contribution is 2.22. The predicted molar refractivity (Wildman–Crippen MR) is 128 cm³/mol. The highest BCUT2D eigenvalue weighted by molar-refractivity contribution is 14.0. The van der Waals surface area contributed by atoms with Gasteiger partial charge in [0, 0.05) is 24.4 Å². The Hall–Kier alpha value is -1.29. The first-order valence-electron chi connectivity index (χ1n) is 9.78. The molecule has 0 saturated carbocycles. The van der Waals surface area contributed by atoms with Gasteiger partial charge in [0.2, 0.25) is 0 Å². The summed E-state index contributed by atoms with van der Waals surface area (Å²) in [6, 6.07) is 6.55. The van der Waals surface area contributed by atoms with Gasteiger partial charge in [0.15, 0.2) is 11.8 Å². The topological polar surface area (TPSA) is 67.1 Å². The predicted octanol–water partition coefficient (Wildman–Crippen LogP) is 3.91. The second-order valence-corrected chi connectivity index (χ2v) is 7.71. The SMILES string of the molecule is CCNC(=NCc1ccc(C)cc1SC)NCc1nnc2n1CCCCC2.I. The maximum absolute atomic E-state index is 4.78. The summed E-state index contributed by atoms with van der Waals surface area (Å²) >= 11 is 1.77. The van der Waals surface area contributed by atoms with Crippen LogP contribution >= 0.6 is 35.7 Å². The molecule has 0 radical (unpaired) electrons. The highest BCUT2D eigenvalue weighted by Gasteiger charge is 2.14. The normalized spacial score (nSPS) is 14.0. The molecule has 3 rings (SSSR count). The van der Waals surface area contributed by atoms with Crippen LogP contribution in [0.15, 0.2) is 28.1 Å². The summed E-state index contributed by atoms with van der Waals surface area (Å²) in [6.07, 6.45) is 6.84. The van der Waals surface area contributed by atoms with E-state index in [0.717, 1.165) is 37.1 Å². The third-order valence-electron chi connectivity index (χ3n) is 4.79. The molecule has 0 amide bonds. The minimum atomic E-state index is 0. The summed E-state index contributed by atoms with van der Waals surface area (Å²) in [4.78, 5) is 6.06. The lowest BCUT2D eigenvalue weighted by Gasteiger charge is -2.13. The lowest BCUT2D eigenvalue weighted by atomic mass is 10.1. The number of thioether (sulfide) groups is 1. The number of rotatable bonds is 6. The summed E-state index contributed by atoms with van der Waals surface area (Å²) in [7, 11) is 0. The van der Waals surface area contributed by atoms with Crippen molar-refractivity contribution in [2.45, 2.75) is 64.1 Å². The largest absolute Gasteiger partial charge is 0.357 e. The van der Waals surface area contributed by atoms with Gasteiger partial charge in [-0.2, -0.15) is 0 Å². The maximum atomic E-state index is 4.78. The number of halogens is 1. The smallest absolute Gasteiger partial charge is 0.191 e. The van der Waals surface area contributed by atoms with E-state index in [4.69, 9.17) is 4.99 Å². The van der Waals surface area contributed by atoms with Crippen molar-refractivity contribution in [3.63, 3.8) is 0 Å². The zero-order chi connectivity index (χ0) is 19.1. The zero-order valence-electron chi connectivity index (χ0n) is 17.0. The molecule has 1 aromatic heterocycles. The molecule has 0 atom stereocenters. The van der Waals surface area contributed by atoms with Gasteiger partial charge in [-0.1, -0.05) is 18.6 Å². The van der Waals surface area contributed by atoms with Crippen molar-refractivity contribution in [2.75, 3.05) is 12.8 Å². The summed E-state index contributed by atoms with van der Waals surface area (Å²) in [5.74, 6) is 2.93. The number of aliphatic imine (C=N–C) groups is 1. The first-order chi connectivity index (χ1) is 13.2. The van der Waals surface area contributed by atoms with Crippen molar-refractivity contribution in [1.29, 1.82) is 0 Å². The first-order valence-corrected chi connectivity index (χ1v) is 11.0. The Morgan fingerprint density at radius 1 is 1.21 bits per heavy atom. The third kappa shape index (κ3) is 6.10. The van der Waals surface area contributed by atoms with E-state index < -0.39 is 0 Å². The van der Waals surface area contributed by atoms with Gasteiger partial charge >= 0.3 is 0 Å². The molecule has 0 fully saturated rings. The Labute approximate surface area is 189 Å². The quantitative estimate of drug-likeness (QED) is 0.265. The van der Waals surface area contributed by atoms with Crippen LogP contribution in [0.4, 0.5) is 0 Å². The van der Waals surface area contributed by atoms with Crippen molar-refractivity contribution in [2.24, 2.45) is 4.99 Å². The molecular formula is C20H31IN6S. The Bertz CT molecular complexity index is 789. The number of hydrogen-bond acceptors (Lipinski definition) is 4. The van der Waals surface area contributed by atoms with Gasteiger partial charge in [0.05, 0.1) is 13.1 Å². The molecule has 2 heterocycles. The molecule has 1 aromatic carbocycles. The molecular weight excluding hydrogens is 483 g/mol. The van der Waals surface area contributed by atoms with Crippen LogP contribution < -0.4 is 10.6 Å². The van der Waals surface area contributed by atoms with Crippen LogP contribution in [0.1, 0.15) is 49.0 Å². The van der Waals surface area contributed by atoms with E-state index in [0.29, 0.717) is 13.1 Å². The molecule has 6 nitrogen and oxygen atoms in total. The molecule has 2 N–H and O–H groups in total. The third-order valence-corrected chi connectivity index (χ3v) is 5.61. The van der Waals surface area contributed by atoms with Crippen LogP contribution in [0, 0.1) is 6.92 Å². The van der Waals surface area contributed by atoms with E-state index in [1.165, 1.54) is 35.3 Å². The van der Waals surface area contributed by atoms with Crippen molar-refractivity contribution < 1.29 is 0 Å². The van der Waals surface area contributed by atoms with E-state index in [9.17, 15) is 0 Å². The number of aromatic nitrogens is 3. The van der Waals surface area contributed by atoms with E-state index in [1.54, 1.807) is 11.8 Å². The summed E-state index contributed by atoms with van der Waals surface area (Å²) in [5.41, 5.74) is 2.53. The molecule has 0 unspecified atom stereocenters. The van der Waals surface area contributed by atoms with E-state index in [1.807, 2.05) is 0 Å². The number of hydrogen-bond donors (Lipinski definition) is 2. The van der Waals surface area contributed by atoms with Gasteiger partial charge in [-0.3, -0.25) is 0 Å². The summed E-state index contributed by atoms with van der Waals surface area (Å²) in [6.45, 7) is 7.35. The van der Waals surface area contributed by atoms with Gasteiger partial charge < -0.3 is 15.2 Å². The molecule has 2 aromatic rings. The maximum Gasteiger partial charge on any atom is 0.191 e. The Balaban J connectivity index is 0.00000280. The molecule has 0 aliphatic carbocycles. The van der Waals surface area contributed by atoms with Gasteiger partial charge in [-0.05, 0) is 50.1 Å². The van der Waals surface area contributed by atoms with Crippen LogP contribution in [-0.2, 0) is 26.1 Å². The number of nitrogens with zero attached hydrogens (tertiary/aromatic N) is 4. The van der Waals surface area contributed by atoms with E-state index in [2.05, 4.69) is 63.7 Å². The Morgan fingerprint density at radius 3 is 2.86 bits per heavy atom. The number of benzene rings is 1. The summed E-state index contributed by atoms with van der Waals surface area (Å²) in [5, 5.41) is 15.5. The van der Waals surface area contributed by atoms with Gasteiger partial charge in [-0.15, -0.1) is 45.9 Å². The molecule has 154 valence electrons. The Morgan fingerprint density at radius 2 is 2.07 bits per heavy atom. The standard InChI is InChI=1S/C20H30N6S.HI/c1-4-21-20(22-13-16-10-9-15(2)12-17(16)27-3)23-14-19-25-24-18-8-6-5-7-11-26(18)19;/h9-10,12H,4-8,11,13-14H2,1-3H3,(H2,21,22,23);1H. The monoisotopic (exact) mass is 514 g/mol. The molecule has 8 heteroatoms. The lowest BCUT2D eigenvalue weighted by molar-refractivity contribution is 0.596. The fraction of sp³-hybridized carbons (Fsp3) is 0.550. The van der Waals surface area contributed by atoms with Gasteiger partial charge in [-0.25, -0.2) is 4.99 Å². The minimum Gasteiger partial charge on any atom is -0.357 e. The molecule has 1 aliphatic heterocycles. The van der Waals surface area contributed by atoms with Crippen LogP contribution in [0.5, 0.6) is 0 Å². The first kappa shape index (κ1) is 23.0. The highest BCUT2D eigenvalue weighted by atomic mass is 127. The minimum absolute atomic E-state index is 0. The van der Waals surface area contributed by atoms with Crippen LogP contribution in [0.25, 0.3) is 0 Å². The van der Waals surface area contributed by atoms with Gasteiger partial charge in [0.1, 0.15) is 5.82 Å². The molecule has 28 heavy (non-hydrogen) atoms. The van der Waals surface area contributed by atoms with Crippen molar-refractivity contribution >= 4 is 41.7 Å². The fourth-order valence-electron chi connectivity index (χ4n) is 3.33. The Kier molecular flexibility index (Phi) is 9.57. The lowest BCUT2D eigenvalue weighted by Crippen LogP contribution is -2.37. The van der Waals surface area contributed by atoms with Crippen LogP contribution in [-0.4, -0.2) is 33.5 Å².